The molecule has 0 unspecified atom stereocenters. The maximum absolute atomic E-state index is 11.6. The lowest BCUT2D eigenvalue weighted by molar-refractivity contribution is 0.0526. The molecule has 2 N–H and O–H groups in total. The zero-order valence-electron chi connectivity index (χ0n) is 12.0. The first-order valence-corrected chi connectivity index (χ1v) is 7.94. The van der Waals surface area contributed by atoms with Gasteiger partial charge in [-0.2, -0.15) is 0 Å². The molecule has 1 saturated carbocycles. The van der Waals surface area contributed by atoms with Crippen molar-refractivity contribution in [3.63, 3.8) is 0 Å². The topological polar surface area (TPSA) is 78.1 Å². The molecule has 110 valence electrons. The largest absolute Gasteiger partial charge is 0.462 e. The van der Waals surface area contributed by atoms with Crippen molar-refractivity contribution in [3.8, 4) is 0 Å². The zero-order chi connectivity index (χ0) is 14.5. The number of carbonyl (C=O) groups is 1. The lowest BCUT2D eigenvalue weighted by Crippen LogP contribution is -2.15. The molecule has 0 amide bonds. The monoisotopic (exact) mass is 295 g/mol. The van der Waals surface area contributed by atoms with Gasteiger partial charge in [-0.05, 0) is 38.5 Å². The molecule has 0 aromatic carbocycles. The Morgan fingerprint density at radius 2 is 2.15 bits per heavy atom. The van der Waals surface area contributed by atoms with E-state index in [0.717, 1.165) is 5.92 Å². The first-order valence-electron chi connectivity index (χ1n) is 7.06. The number of anilines is 1. The fourth-order valence-electron chi connectivity index (χ4n) is 2.30. The standard InChI is InChI=1S/C14H21N3O2S/c1-3-19-13(18)11-8-16-14(17-12(11)15)20-10-6-4-9(2)5-7-10/h8-10H,3-7H2,1-2H3,(H2,15,16,17). The van der Waals surface area contributed by atoms with E-state index in [1.54, 1.807) is 18.7 Å². The molecule has 2 rings (SSSR count). The third-order valence-electron chi connectivity index (χ3n) is 3.53. The second kappa shape index (κ2) is 6.92. The van der Waals surface area contributed by atoms with Crippen molar-refractivity contribution in [1.82, 2.24) is 9.97 Å². The quantitative estimate of drug-likeness (QED) is 0.679. The zero-order valence-corrected chi connectivity index (χ0v) is 12.8. The Bertz CT molecular complexity index is 473. The Hall–Kier alpha value is -1.30. The van der Waals surface area contributed by atoms with E-state index in [4.69, 9.17) is 10.5 Å². The predicted molar refractivity (Wildman–Crippen MR) is 79.7 cm³/mol. The van der Waals surface area contributed by atoms with Crippen LogP contribution < -0.4 is 5.73 Å². The van der Waals surface area contributed by atoms with Crippen molar-refractivity contribution in [2.45, 2.75) is 49.9 Å². The van der Waals surface area contributed by atoms with Crippen molar-refractivity contribution in [2.24, 2.45) is 5.92 Å². The number of aromatic nitrogens is 2. The van der Waals surface area contributed by atoms with Crippen molar-refractivity contribution >= 4 is 23.5 Å². The third-order valence-corrected chi connectivity index (χ3v) is 4.74. The number of hydrogen-bond donors (Lipinski definition) is 1. The third kappa shape index (κ3) is 3.85. The molecule has 0 saturated heterocycles. The Labute approximate surface area is 123 Å². The van der Waals surface area contributed by atoms with Gasteiger partial charge in [0.1, 0.15) is 11.4 Å². The minimum absolute atomic E-state index is 0.199. The molecule has 1 fully saturated rings. The minimum Gasteiger partial charge on any atom is -0.462 e. The van der Waals surface area contributed by atoms with E-state index < -0.39 is 5.97 Å². The average molecular weight is 295 g/mol. The van der Waals surface area contributed by atoms with Crippen LogP contribution >= 0.6 is 11.8 Å². The van der Waals surface area contributed by atoms with Gasteiger partial charge in [-0.15, -0.1) is 0 Å². The molecule has 1 heterocycles. The summed E-state index contributed by atoms with van der Waals surface area (Å²) in [4.78, 5) is 20.1. The Balaban J connectivity index is 2.00. The molecule has 0 spiro atoms. The maximum Gasteiger partial charge on any atom is 0.343 e. The van der Waals surface area contributed by atoms with Crippen LogP contribution in [0, 0.1) is 5.92 Å². The first-order chi connectivity index (χ1) is 9.60. The summed E-state index contributed by atoms with van der Waals surface area (Å²) in [6, 6.07) is 0. The molecule has 0 bridgehead atoms. The van der Waals surface area contributed by atoms with Crippen LogP contribution in [-0.4, -0.2) is 27.8 Å². The van der Waals surface area contributed by atoms with E-state index in [0.29, 0.717) is 17.0 Å². The van der Waals surface area contributed by atoms with Crippen LogP contribution in [-0.2, 0) is 4.74 Å². The molecule has 20 heavy (non-hydrogen) atoms. The van der Waals surface area contributed by atoms with E-state index in [1.807, 2.05) is 0 Å². The van der Waals surface area contributed by atoms with E-state index in [2.05, 4.69) is 16.9 Å². The molecule has 6 heteroatoms. The summed E-state index contributed by atoms with van der Waals surface area (Å²) in [5.74, 6) is 0.558. The van der Waals surface area contributed by atoms with Gasteiger partial charge in [0, 0.05) is 11.4 Å². The summed E-state index contributed by atoms with van der Waals surface area (Å²) in [6.07, 6.45) is 6.36. The lowest BCUT2D eigenvalue weighted by Gasteiger charge is -2.24. The fraction of sp³-hybridized carbons (Fsp3) is 0.643. The first kappa shape index (κ1) is 15.1. The molecule has 5 nitrogen and oxygen atoms in total. The molecule has 1 aromatic rings. The van der Waals surface area contributed by atoms with Gasteiger partial charge >= 0.3 is 5.97 Å². The van der Waals surface area contributed by atoms with Crippen molar-refractivity contribution in [2.75, 3.05) is 12.3 Å². The molecule has 1 aliphatic rings. The molecular formula is C14H21N3O2S. The number of thioether (sulfide) groups is 1. The van der Waals surface area contributed by atoms with E-state index in [9.17, 15) is 4.79 Å². The second-order valence-corrected chi connectivity index (χ2v) is 6.44. The summed E-state index contributed by atoms with van der Waals surface area (Å²) < 4.78 is 4.90. The highest BCUT2D eigenvalue weighted by Crippen LogP contribution is 2.34. The number of rotatable bonds is 4. The summed E-state index contributed by atoms with van der Waals surface area (Å²) in [7, 11) is 0. The number of ether oxygens (including phenoxy) is 1. The summed E-state index contributed by atoms with van der Waals surface area (Å²) in [5.41, 5.74) is 6.06. The van der Waals surface area contributed by atoms with Gasteiger partial charge in [0.2, 0.25) is 0 Å². The van der Waals surface area contributed by atoms with Gasteiger partial charge < -0.3 is 10.5 Å². The van der Waals surface area contributed by atoms with Gasteiger partial charge in [0.05, 0.1) is 6.61 Å². The molecule has 0 radical (unpaired) electrons. The summed E-state index contributed by atoms with van der Waals surface area (Å²) >= 11 is 1.66. The number of nitrogen functional groups attached to an aromatic ring is 1. The van der Waals surface area contributed by atoms with Crippen LogP contribution in [0.4, 0.5) is 5.82 Å². The number of nitrogens with zero attached hydrogens (tertiary/aromatic N) is 2. The van der Waals surface area contributed by atoms with Crippen LogP contribution in [0.1, 0.15) is 49.9 Å². The Morgan fingerprint density at radius 1 is 1.45 bits per heavy atom. The highest BCUT2D eigenvalue weighted by Gasteiger charge is 2.21. The fourth-order valence-corrected chi connectivity index (χ4v) is 3.37. The van der Waals surface area contributed by atoms with Crippen molar-refractivity contribution < 1.29 is 9.53 Å². The van der Waals surface area contributed by atoms with E-state index in [-0.39, 0.29) is 11.4 Å². The van der Waals surface area contributed by atoms with Crippen LogP contribution in [0.2, 0.25) is 0 Å². The lowest BCUT2D eigenvalue weighted by atomic mass is 9.91. The van der Waals surface area contributed by atoms with Gasteiger partial charge in [0.15, 0.2) is 5.16 Å². The van der Waals surface area contributed by atoms with Crippen LogP contribution in [0.25, 0.3) is 0 Å². The highest BCUT2D eigenvalue weighted by atomic mass is 32.2. The molecule has 1 aliphatic carbocycles. The van der Waals surface area contributed by atoms with Gasteiger partial charge in [-0.3, -0.25) is 0 Å². The SMILES string of the molecule is CCOC(=O)c1cnc(SC2CCC(C)CC2)nc1N. The summed E-state index contributed by atoms with van der Waals surface area (Å²) in [5, 5.41) is 1.20. The van der Waals surface area contributed by atoms with Crippen LogP contribution in [0.3, 0.4) is 0 Å². The summed E-state index contributed by atoms with van der Waals surface area (Å²) in [6.45, 7) is 4.36. The number of esters is 1. The smallest absolute Gasteiger partial charge is 0.343 e. The molecule has 0 atom stereocenters. The van der Waals surface area contributed by atoms with E-state index in [1.165, 1.54) is 31.9 Å². The molecular weight excluding hydrogens is 274 g/mol. The predicted octanol–water partition coefficient (Wildman–Crippen LogP) is 2.91. The normalized spacial score (nSPS) is 22.5. The van der Waals surface area contributed by atoms with Gasteiger partial charge in [0.25, 0.3) is 0 Å². The molecule has 0 aliphatic heterocycles. The van der Waals surface area contributed by atoms with Crippen molar-refractivity contribution in [3.05, 3.63) is 11.8 Å². The Morgan fingerprint density at radius 3 is 2.75 bits per heavy atom. The number of carbonyl (C=O) groups excluding carboxylic acids is 1. The number of hydrogen-bond acceptors (Lipinski definition) is 6. The Kier molecular flexibility index (Phi) is 5.23. The van der Waals surface area contributed by atoms with Crippen LogP contribution in [0.5, 0.6) is 0 Å². The van der Waals surface area contributed by atoms with Crippen LogP contribution in [0.15, 0.2) is 11.4 Å². The number of nitrogens with two attached hydrogens (primary N) is 1. The minimum atomic E-state index is -0.465. The second-order valence-electron chi connectivity index (χ2n) is 5.17. The highest BCUT2D eigenvalue weighted by molar-refractivity contribution is 7.99. The molecule has 1 aromatic heterocycles. The van der Waals surface area contributed by atoms with Gasteiger partial charge in [-0.25, -0.2) is 14.8 Å². The van der Waals surface area contributed by atoms with E-state index >= 15 is 0 Å². The van der Waals surface area contributed by atoms with Crippen molar-refractivity contribution in [1.29, 1.82) is 0 Å². The maximum atomic E-state index is 11.6. The van der Waals surface area contributed by atoms with Gasteiger partial charge in [-0.1, -0.05) is 18.7 Å². The average Bonchev–Trinajstić information content (AvgIpc) is 2.42.